The second-order valence-electron chi connectivity index (χ2n) is 6.66. The van der Waals surface area contributed by atoms with Gasteiger partial charge in [-0.2, -0.15) is 18.0 Å². The molecular weight excluding hydrogens is 387 g/mol. The minimum absolute atomic E-state index is 0.0127. The van der Waals surface area contributed by atoms with Gasteiger partial charge in [0.1, 0.15) is 6.54 Å². The van der Waals surface area contributed by atoms with Crippen molar-refractivity contribution in [3.63, 3.8) is 0 Å². The van der Waals surface area contributed by atoms with Gasteiger partial charge in [-0.15, -0.1) is 10.2 Å². The molecule has 2 heterocycles. The number of hydrogen-bond donors (Lipinski definition) is 1. The van der Waals surface area contributed by atoms with E-state index >= 15 is 0 Å². The van der Waals surface area contributed by atoms with Crippen LogP contribution >= 0.6 is 0 Å². The zero-order chi connectivity index (χ0) is 20.8. The first-order chi connectivity index (χ1) is 13.7. The van der Waals surface area contributed by atoms with Crippen LogP contribution in [-0.2, 0) is 17.5 Å². The average Bonchev–Trinajstić information content (AvgIpc) is 3.26. The minimum atomic E-state index is -4.48. The molecule has 0 saturated carbocycles. The Balaban J connectivity index is 1.53. The molecule has 0 unspecified atom stereocenters. The van der Waals surface area contributed by atoms with E-state index in [-0.39, 0.29) is 35.5 Å². The summed E-state index contributed by atoms with van der Waals surface area (Å²) in [5.74, 6) is -0.809. The van der Waals surface area contributed by atoms with Crippen LogP contribution in [-0.4, -0.2) is 31.9 Å². The highest BCUT2D eigenvalue weighted by Gasteiger charge is 2.31. The predicted molar refractivity (Wildman–Crippen MR) is 96.1 cm³/mol. The van der Waals surface area contributed by atoms with Gasteiger partial charge in [-0.1, -0.05) is 12.1 Å². The van der Waals surface area contributed by atoms with Crippen LogP contribution in [0.3, 0.4) is 0 Å². The number of fused-ring (bicyclic) bond motifs is 1. The lowest BCUT2D eigenvalue weighted by atomic mass is 9.99. The molecule has 1 N–H and O–H groups in total. The SMILES string of the molecule is C[C@@H]1C(=O)Nc2ccc(C(=O)Cn3nnc(-c4cccc(C(F)(F)F)c4)n3)cc21. The summed E-state index contributed by atoms with van der Waals surface area (Å²) < 4.78 is 38.6. The summed E-state index contributed by atoms with van der Waals surface area (Å²) in [5.41, 5.74) is 1.11. The number of benzene rings is 2. The van der Waals surface area contributed by atoms with E-state index in [1.54, 1.807) is 25.1 Å². The van der Waals surface area contributed by atoms with Gasteiger partial charge in [0, 0.05) is 16.8 Å². The molecule has 0 saturated heterocycles. The summed E-state index contributed by atoms with van der Waals surface area (Å²) in [6.45, 7) is 1.51. The van der Waals surface area contributed by atoms with Crippen LogP contribution < -0.4 is 5.32 Å². The molecule has 0 fully saturated rings. The van der Waals surface area contributed by atoms with Gasteiger partial charge in [0.15, 0.2) is 5.78 Å². The van der Waals surface area contributed by atoms with E-state index in [0.29, 0.717) is 11.3 Å². The first kappa shape index (κ1) is 18.8. The largest absolute Gasteiger partial charge is 0.416 e. The van der Waals surface area contributed by atoms with Gasteiger partial charge in [0.25, 0.3) is 0 Å². The number of hydrogen-bond acceptors (Lipinski definition) is 5. The molecule has 2 aromatic carbocycles. The molecular formula is C19H14F3N5O2. The van der Waals surface area contributed by atoms with Crippen LogP contribution in [0.5, 0.6) is 0 Å². The first-order valence-electron chi connectivity index (χ1n) is 8.66. The number of alkyl halides is 3. The number of amides is 1. The highest BCUT2D eigenvalue weighted by molar-refractivity contribution is 6.04. The van der Waals surface area contributed by atoms with Crippen molar-refractivity contribution in [3.05, 3.63) is 59.2 Å². The Labute approximate surface area is 162 Å². The van der Waals surface area contributed by atoms with Gasteiger partial charge in [0.05, 0.1) is 11.5 Å². The number of ketones is 1. The fourth-order valence-electron chi connectivity index (χ4n) is 3.07. The molecule has 1 atom stereocenters. The Bertz CT molecular complexity index is 1120. The van der Waals surface area contributed by atoms with Crippen molar-refractivity contribution in [1.29, 1.82) is 0 Å². The number of nitrogens with zero attached hydrogens (tertiary/aromatic N) is 4. The summed E-state index contributed by atoms with van der Waals surface area (Å²) in [4.78, 5) is 25.3. The minimum Gasteiger partial charge on any atom is -0.325 e. The average molecular weight is 401 g/mol. The number of anilines is 1. The first-order valence-corrected chi connectivity index (χ1v) is 8.66. The second-order valence-corrected chi connectivity index (χ2v) is 6.66. The van der Waals surface area contributed by atoms with Gasteiger partial charge in [-0.3, -0.25) is 9.59 Å². The summed E-state index contributed by atoms with van der Waals surface area (Å²) in [6.07, 6.45) is -4.48. The molecule has 0 aliphatic carbocycles. The van der Waals surface area contributed by atoms with Crippen molar-refractivity contribution in [3.8, 4) is 11.4 Å². The molecule has 1 aliphatic heterocycles. The van der Waals surface area contributed by atoms with Crippen molar-refractivity contribution in [2.24, 2.45) is 0 Å². The number of tetrazole rings is 1. The van der Waals surface area contributed by atoms with Gasteiger partial charge in [-0.05, 0) is 48.0 Å². The number of rotatable bonds is 4. The van der Waals surface area contributed by atoms with Crippen LogP contribution in [0.15, 0.2) is 42.5 Å². The Morgan fingerprint density at radius 2 is 2.00 bits per heavy atom. The third-order valence-corrected chi connectivity index (χ3v) is 4.68. The summed E-state index contributed by atoms with van der Waals surface area (Å²) in [7, 11) is 0. The van der Waals surface area contributed by atoms with Crippen molar-refractivity contribution in [2.75, 3.05) is 5.32 Å². The normalized spacial score (nSPS) is 15.9. The van der Waals surface area contributed by atoms with Crippen LogP contribution in [0.2, 0.25) is 0 Å². The monoisotopic (exact) mass is 401 g/mol. The van der Waals surface area contributed by atoms with Crippen molar-refractivity contribution in [1.82, 2.24) is 20.2 Å². The second kappa shape index (κ2) is 6.80. The Hall–Kier alpha value is -3.56. The van der Waals surface area contributed by atoms with Gasteiger partial charge in [-0.25, -0.2) is 0 Å². The molecule has 0 radical (unpaired) electrons. The van der Waals surface area contributed by atoms with Crippen LogP contribution in [0.1, 0.15) is 34.3 Å². The maximum absolute atomic E-state index is 12.9. The predicted octanol–water partition coefficient (Wildman–Crippen LogP) is 3.30. The smallest absolute Gasteiger partial charge is 0.325 e. The van der Waals surface area contributed by atoms with E-state index < -0.39 is 11.7 Å². The number of carbonyl (C=O) groups is 2. The van der Waals surface area contributed by atoms with E-state index in [1.165, 1.54) is 12.1 Å². The number of aromatic nitrogens is 4. The maximum atomic E-state index is 12.9. The fourth-order valence-corrected chi connectivity index (χ4v) is 3.07. The van der Waals surface area contributed by atoms with Crippen LogP contribution in [0.4, 0.5) is 18.9 Å². The van der Waals surface area contributed by atoms with Crippen molar-refractivity contribution >= 4 is 17.4 Å². The Morgan fingerprint density at radius 1 is 1.21 bits per heavy atom. The summed E-state index contributed by atoms with van der Waals surface area (Å²) in [5, 5.41) is 14.2. The molecule has 3 aromatic rings. The topological polar surface area (TPSA) is 89.8 Å². The quantitative estimate of drug-likeness (QED) is 0.678. The van der Waals surface area contributed by atoms with Gasteiger partial charge < -0.3 is 5.32 Å². The highest BCUT2D eigenvalue weighted by Crippen LogP contribution is 2.33. The maximum Gasteiger partial charge on any atom is 0.416 e. The van der Waals surface area contributed by atoms with Crippen LogP contribution in [0, 0.1) is 0 Å². The Kier molecular flexibility index (Phi) is 4.40. The summed E-state index contributed by atoms with van der Waals surface area (Å²) >= 11 is 0. The molecule has 10 heteroatoms. The zero-order valence-electron chi connectivity index (χ0n) is 15.1. The van der Waals surface area contributed by atoms with Crippen molar-refractivity contribution in [2.45, 2.75) is 25.6 Å². The number of Topliss-reactive ketones (excluding diaryl/α,β-unsaturated/α-hetero) is 1. The Morgan fingerprint density at radius 3 is 2.76 bits per heavy atom. The number of nitrogens with one attached hydrogen (secondary N) is 1. The zero-order valence-corrected chi connectivity index (χ0v) is 15.1. The summed E-state index contributed by atoms with van der Waals surface area (Å²) in [6, 6.07) is 9.46. The fraction of sp³-hybridized carbons (Fsp3) is 0.211. The molecule has 1 amide bonds. The van der Waals surface area contributed by atoms with Gasteiger partial charge in [0.2, 0.25) is 11.7 Å². The van der Waals surface area contributed by atoms with Crippen molar-refractivity contribution < 1.29 is 22.8 Å². The van der Waals surface area contributed by atoms with E-state index in [4.69, 9.17) is 0 Å². The molecule has 148 valence electrons. The molecule has 7 nitrogen and oxygen atoms in total. The number of carbonyl (C=O) groups excluding carboxylic acids is 2. The standard InChI is InChI=1S/C19H14F3N5O2/c1-10-14-8-11(5-6-15(14)23-18(10)29)16(28)9-27-25-17(24-26-27)12-3-2-4-13(7-12)19(20,21)22/h2-8,10H,9H2,1H3,(H,23,29)/t10-/m0/s1. The third kappa shape index (κ3) is 3.60. The lowest BCUT2D eigenvalue weighted by Gasteiger charge is -2.06. The highest BCUT2D eigenvalue weighted by atomic mass is 19.4. The molecule has 1 aliphatic rings. The van der Waals surface area contributed by atoms with E-state index in [0.717, 1.165) is 22.5 Å². The molecule has 4 rings (SSSR count). The number of halogens is 3. The molecule has 0 bridgehead atoms. The molecule has 29 heavy (non-hydrogen) atoms. The molecule has 1 aromatic heterocycles. The lowest BCUT2D eigenvalue weighted by Crippen LogP contribution is -2.13. The van der Waals surface area contributed by atoms with Crippen LogP contribution in [0.25, 0.3) is 11.4 Å². The van der Waals surface area contributed by atoms with Gasteiger partial charge >= 0.3 is 6.18 Å². The molecule has 0 spiro atoms. The van der Waals surface area contributed by atoms with E-state index in [1.807, 2.05) is 0 Å². The lowest BCUT2D eigenvalue weighted by molar-refractivity contribution is -0.137. The third-order valence-electron chi connectivity index (χ3n) is 4.68. The van der Waals surface area contributed by atoms with E-state index in [9.17, 15) is 22.8 Å². The van der Waals surface area contributed by atoms with E-state index in [2.05, 4.69) is 20.7 Å².